The zero-order valence-corrected chi connectivity index (χ0v) is 17.0. The molecule has 144 valence electrons. The molecular formula is C20H15Cl3N2O3. The van der Waals surface area contributed by atoms with E-state index in [-0.39, 0.29) is 5.56 Å². The molecule has 0 spiro atoms. The number of ether oxygens (including phenoxy) is 1. The van der Waals surface area contributed by atoms with E-state index in [0.29, 0.717) is 38.7 Å². The fourth-order valence-corrected chi connectivity index (χ4v) is 3.18. The van der Waals surface area contributed by atoms with Crippen molar-refractivity contribution in [1.29, 1.82) is 0 Å². The Morgan fingerprint density at radius 2 is 1.86 bits per heavy atom. The third-order valence-corrected chi connectivity index (χ3v) is 4.92. The van der Waals surface area contributed by atoms with Crippen LogP contribution in [0.1, 0.15) is 21.7 Å². The Balaban J connectivity index is 1.69. The number of hydrazone groups is 1. The molecule has 0 fully saturated rings. The number of carbonyl (C=O) groups is 1. The number of nitrogens with one attached hydrogen (secondary N) is 1. The van der Waals surface area contributed by atoms with Crippen molar-refractivity contribution in [3.8, 4) is 11.3 Å². The molecule has 2 aromatic carbocycles. The van der Waals surface area contributed by atoms with Crippen LogP contribution in [0.2, 0.25) is 15.1 Å². The number of hydrogen-bond acceptors (Lipinski definition) is 5. The smallest absolute Gasteiger partial charge is 0.339 e. The van der Waals surface area contributed by atoms with Crippen molar-refractivity contribution < 1.29 is 13.9 Å². The minimum absolute atomic E-state index is 0.270. The maximum Gasteiger partial charge on any atom is 0.339 e. The molecule has 5 nitrogen and oxygen atoms in total. The lowest BCUT2D eigenvalue weighted by Crippen LogP contribution is -2.06. The first kappa shape index (κ1) is 20.3. The Hall–Kier alpha value is -2.47. The predicted molar refractivity (Wildman–Crippen MR) is 111 cm³/mol. The highest BCUT2D eigenvalue weighted by molar-refractivity contribution is 6.36. The molecule has 0 radical (unpaired) electrons. The molecule has 3 rings (SSSR count). The van der Waals surface area contributed by atoms with Crippen LogP contribution >= 0.6 is 34.8 Å². The molecule has 0 saturated heterocycles. The summed E-state index contributed by atoms with van der Waals surface area (Å²) >= 11 is 18.3. The van der Waals surface area contributed by atoms with Crippen LogP contribution in [-0.4, -0.2) is 19.3 Å². The van der Waals surface area contributed by atoms with Gasteiger partial charge in [-0.1, -0.05) is 40.9 Å². The third-order valence-electron chi connectivity index (χ3n) is 3.88. The summed E-state index contributed by atoms with van der Waals surface area (Å²) in [6.07, 6.45) is 1.53. The van der Waals surface area contributed by atoms with E-state index < -0.39 is 5.97 Å². The summed E-state index contributed by atoms with van der Waals surface area (Å²) in [5.41, 5.74) is 4.61. The van der Waals surface area contributed by atoms with Gasteiger partial charge in [-0.15, -0.1) is 0 Å². The average molecular weight is 438 g/mol. The van der Waals surface area contributed by atoms with E-state index in [9.17, 15) is 4.79 Å². The normalized spacial score (nSPS) is 11.0. The Morgan fingerprint density at radius 3 is 2.57 bits per heavy atom. The van der Waals surface area contributed by atoms with Crippen LogP contribution in [-0.2, 0) is 11.3 Å². The van der Waals surface area contributed by atoms with Crippen molar-refractivity contribution in [1.82, 2.24) is 5.43 Å². The monoisotopic (exact) mass is 436 g/mol. The molecule has 0 bridgehead atoms. The van der Waals surface area contributed by atoms with E-state index in [1.807, 2.05) is 0 Å². The second-order valence-corrected chi connectivity index (χ2v) is 6.90. The zero-order chi connectivity index (χ0) is 20.1. The molecule has 0 aliphatic rings. The molecule has 1 heterocycles. The third kappa shape index (κ3) is 4.68. The number of carbonyl (C=O) groups excluding carboxylic acids is 1. The van der Waals surface area contributed by atoms with Gasteiger partial charge in [0, 0.05) is 21.2 Å². The van der Waals surface area contributed by atoms with Crippen LogP contribution < -0.4 is 5.43 Å². The Labute approximate surface area is 176 Å². The van der Waals surface area contributed by atoms with Crippen LogP contribution in [0.15, 0.2) is 58.0 Å². The van der Waals surface area contributed by atoms with Crippen molar-refractivity contribution in [2.45, 2.75) is 6.54 Å². The minimum Gasteiger partial charge on any atom is -0.465 e. The number of furan rings is 1. The van der Waals surface area contributed by atoms with Crippen LogP contribution in [0.4, 0.5) is 0 Å². The van der Waals surface area contributed by atoms with Gasteiger partial charge in [0.05, 0.1) is 30.5 Å². The van der Waals surface area contributed by atoms with Gasteiger partial charge in [0.25, 0.3) is 0 Å². The second-order valence-electron chi connectivity index (χ2n) is 5.68. The average Bonchev–Trinajstić information content (AvgIpc) is 3.15. The number of rotatable bonds is 6. The minimum atomic E-state index is -0.511. The highest BCUT2D eigenvalue weighted by Crippen LogP contribution is 2.27. The summed E-state index contributed by atoms with van der Waals surface area (Å²) in [7, 11) is 1.30. The summed E-state index contributed by atoms with van der Waals surface area (Å²) in [6.45, 7) is 0.377. The predicted octanol–water partition coefficient (Wildman–Crippen LogP) is 5.82. The van der Waals surface area contributed by atoms with Gasteiger partial charge >= 0.3 is 5.97 Å². The van der Waals surface area contributed by atoms with Crippen molar-refractivity contribution in [2.24, 2.45) is 5.10 Å². The highest BCUT2D eigenvalue weighted by atomic mass is 35.5. The summed E-state index contributed by atoms with van der Waals surface area (Å²) in [5.74, 6) is 0.586. The standard InChI is InChI=1S/C20H15Cl3N2O3/c1-27-20(26)14-9-12(5-7-18(14)23)19-8-6-13(28-19)10-24-25-11-15-16(21)3-2-4-17(15)22/h2-10,25H,11H2,1H3/b24-10+. The van der Waals surface area contributed by atoms with Gasteiger partial charge in [-0.05, 0) is 42.5 Å². The Bertz CT molecular complexity index is 1010. The first-order chi connectivity index (χ1) is 13.5. The summed E-state index contributed by atoms with van der Waals surface area (Å²) in [6, 6.07) is 13.8. The molecule has 0 saturated carbocycles. The van der Waals surface area contributed by atoms with Gasteiger partial charge in [-0.2, -0.15) is 5.10 Å². The van der Waals surface area contributed by atoms with Gasteiger partial charge in [-0.25, -0.2) is 4.79 Å². The molecule has 1 N–H and O–H groups in total. The van der Waals surface area contributed by atoms with Crippen molar-refractivity contribution >= 4 is 47.0 Å². The van der Waals surface area contributed by atoms with Crippen molar-refractivity contribution in [2.75, 3.05) is 7.11 Å². The van der Waals surface area contributed by atoms with Crippen LogP contribution in [0.5, 0.6) is 0 Å². The number of esters is 1. The van der Waals surface area contributed by atoms with Gasteiger partial charge in [0.15, 0.2) is 0 Å². The maximum atomic E-state index is 11.8. The number of nitrogens with zero attached hydrogens (tertiary/aromatic N) is 1. The van der Waals surface area contributed by atoms with Gasteiger partial charge in [0.1, 0.15) is 11.5 Å². The summed E-state index contributed by atoms with van der Waals surface area (Å²) in [5, 5.41) is 5.57. The van der Waals surface area contributed by atoms with Crippen molar-refractivity contribution in [3.63, 3.8) is 0 Å². The number of benzene rings is 2. The quantitative estimate of drug-likeness (QED) is 0.300. The van der Waals surface area contributed by atoms with E-state index >= 15 is 0 Å². The van der Waals surface area contributed by atoms with E-state index in [1.54, 1.807) is 48.5 Å². The Kier molecular flexibility index (Phi) is 6.62. The fraction of sp³-hybridized carbons (Fsp3) is 0.100. The largest absolute Gasteiger partial charge is 0.465 e. The molecule has 0 unspecified atom stereocenters. The Morgan fingerprint density at radius 1 is 1.11 bits per heavy atom. The molecule has 0 aliphatic heterocycles. The number of halogens is 3. The first-order valence-electron chi connectivity index (χ1n) is 8.16. The molecule has 8 heteroatoms. The van der Waals surface area contributed by atoms with Crippen LogP contribution in [0, 0.1) is 0 Å². The topological polar surface area (TPSA) is 63.8 Å². The number of hydrogen-bond donors (Lipinski definition) is 1. The molecule has 1 aromatic heterocycles. The highest BCUT2D eigenvalue weighted by Gasteiger charge is 2.13. The lowest BCUT2D eigenvalue weighted by Gasteiger charge is -2.05. The zero-order valence-electron chi connectivity index (χ0n) is 14.7. The van der Waals surface area contributed by atoms with Gasteiger partial charge < -0.3 is 14.6 Å². The molecule has 0 atom stereocenters. The fourth-order valence-electron chi connectivity index (χ4n) is 2.46. The van der Waals surface area contributed by atoms with E-state index in [2.05, 4.69) is 10.5 Å². The molecule has 0 amide bonds. The first-order valence-corrected chi connectivity index (χ1v) is 9.30. The van der Waals surface area contributed by atoms with Gasteiger partial charge in [-0.3, -0.25) is 0 Å². The molecular weight excluding hydrogens is 423 g/mol. The van der Waals surface area contributed by atoms with E-state index in [0.717, 1.165) is 5.56 Å². The van der Waals surface area contributed by atoms with E-state index in [1.165, 1.54) is 13.3 Å². The molecule has 3 aromatic rings. The molecule has 28 heavy (non-hydrogen) atoms. The SMILES string of the molecule is COC(=O)c1cc(-c2ccc(/C=N/NCc3c(Cl)cccc3Cl)o2)ccc1Cl. The summed E-state index contributed by atoms with van der Waals surface area (Å²) < 4.78 is 10.5. The van der Waals surface area contributed by atoms with E-state index in [4.69, 9.17) is 44.0 Å². The van der Waals surface area contributed by atoms with Gasteiger partial charge in [0.2, 0.25) is 0 Å². The summed E-state index contributed by atoms with van der Waals surface area (Å²) in [4.78, 5) is 11.8. The van der Waals surface area contributed by atoms with Crippen LogP contribution in [0.3, 0.4) is 0 Å². The van der Waals surface area contributed by atoms with Crippen molar-refractivity contribution in [3.05, 3.63) is 80.5 Å². The van der Waals surface area contributed by atoms with Crippen LogP contribution in [0.25, 0.3) is 11.3 Å². The lowest BCUT2D eigenvalue weighted by atomic mass is 10.1. The second kappa shape index (κ2) is 9.15. The maximum absolute atomic E-state index is 11.8. The number of methoxy groups -OCH3 is 1. The lowest BCUT2D eigenvalue weighted by molar-refractivity contribution is 0.0601. The molecule has 0 aliphatic carbocycles.